The van der Waals surface area contributed by atoms with E-state index < -0.39 is 11.3 Å². The van der Waals surface area contributed by atoms with E-state index in [1.807, 2.05) is 39.1 Å². The highest BCUT2D eigenvalue weighted by Gasteiger charge is 2.58. The molecule has 0 aromatic heterocycles. The van der Waals surface area contributed by atoms with E-state index in [0.717, 1.165) is 30.3 Å². The highest BCUT2D eigenvalue weighted by Crippen LogP contribution is 2.56. The van der Waals surface area contributed by atoms with Gasteiger partial charge in [0.2, 0.25) is 0 Å². The molecule has 0 atom stereocenters. The van der Waals surface area contributed by atoms with Gasteiger partial charge in [-0.05, 0) is 25.0 Å². The molecule has 4 heteroatoms. The largest absolute Gasteiger partial charge is 0.375 e. The van der Waals surface area contributed by atoms with Gasteiger partial charge in [-0.1, -0.05) is 31.8 Å². The van der Waals surface area contributed by atoms with Gasteiger partial charge >= 0.3 is 0 Å². The molecule has 3 rings (SSSR count). The summed E-state index contributed by atoms with van der Waals surface area (Å²) < 4.78 is 32.8. The quantitative estimate of drug-likeness (QED) is 0.708. The minimum Gasteiger partial charge on any atom is -0.375 e. The predicted octanol–water partition coefficient (Wildman–Crippen LogP) is 4.47. The van der Waals surface area contributed by atoms with Crippen molar-refractivity contribution < 1.29 is 13.5 Å². The van der Waals surface area contributed by atoms with Gasteiger partial charge in [0.15, 0.2) is 0 Å². The van der Waals surface area contributed by atoms with Crippen LogP contribution in [0.4, 0.5) is 14.5 Å². The molecule has 0 bridgehead atoms. The summed E-state index contributed by atoms with van der Waals surface area (Å²) >= 11 is 0. The number of hydrogen-bond acceptors (Lipinski definition) is 2. The topological polar surface area (TPSA) is 12.5 Å². The van der Waals surface area contributed by atoms with Crippen LogP contribution in [0.2, 0.25) is 0 Å². The number of likely N-dealkylation sites (N-methyl/N-ethyl adjacent to an activating group) is 1. The van der Waals surface area contributed by atoms with Crippen molar-refractivity contribution in [2.24, 2.45) is 5.41 Å². The maximum atomic E-state index is 13.6. The fourth-order valence-electron chi connectivity index (χ4n) is 2.68. The van der Waals surface area contributed by atoms with Crippen LogP contribution in [0.5, 0.6) is 0 Å². The van der Waals surface area contributed by atoms with Crippen LogP contribution in [0.25, 0.3) is 0 Å². The Morgan fingerprint density at radius 2 is 1.96 bits per heavy atom. The molecule has 0 unspecified atom stereocenters. The smallest absolute Gasteiger partial charge is 0.261 e. The lowest BCUT2D eigenvalue weighted by Gasteiger charge is -2.19. The Labute approximate surface area is 137 Å². The van der Waals surface area contributed by atoms with Crippen LogP contribution in [0, 0.1) is 17.3 Å². The summed E-state index contributed by atoms with van der Waals surface area (Å²) in [5.74, 6) is 3.09. The second-order valence-corrected chi connectivity index (χ2v) is 6.00. The first-order chi connectivity index (χ1) is 10.9. The van der Waals surface area contributed by atoms with E-state index in [2.05, 4.69) is 16.7 Å². The Morgan fingerprint density at radius 1 is 1.26 bits per heavy atom. The molecule has 2 nitrogen and oxygen atoms in total. The molecule has 0 radical (unpaired) electrons. The average Bonchev–Trinajstić information content (AvgIpc) is 3.33. The summed E-state index contributed by atoms with van der Waals surface area (Å²) in [5.41, 5.74) is 1.76. The number of ether oxygens (including phenoxy) is 1. The second-order valence-electron chi connectivity index (χ2n) is 6.00. The first-order valence-corrected chi connectivity index (χ1v) is 8.25. The van der Waals surface area contributed by atoms with Crippen molar-refractivity contribution in [2.45, 2.75) is 46.1 Å². The van der Waals surface area contributed by atoms with Gasteiger partial charge in [0.05, 0.1) is 18.6 Å². The summed E-state index contributed by atoms with van der Waals surface area (Å²) in [5, 5.41) is 0. The van der Waals surface area contributed by atoms with Gasteiger partial charge in [-0.2, -0.15) is 0 Å². The third-order valence-electron chi connectivity index (χ3n) is 4.41. The maximum Gasteiger partial charge on any atom is 0.261 e. The molecule has 0 spiro atoms. The molecule has 2 aliphatic rings. The van der Waals surface area contributed by atoms with Crippen molar-refractivity contribution in [1.82, 2.24) is 0 Å². The van der Waals surface area contributed by atoms with Crippen molar-refractivity contribution in [3.63, 3.8) is 0 Å². The lowest BCUT2D eigenvalue weighted by Crippen LogP contribution is -2.24. The van der Waals surface area contributed by atoms with E-state index in [0.29, 0.717) is 26.1 Å². The van der Waals surface area contributed by atoms with Gasteiger partial charge in [0.25, 0.3) is 5.92 Å². The number of halogens is 2. The van der Waals surface area contributed by atoms with Crippen molar-refractivity contribution in [3.8, 4) is 11.8 Å². The molecule has 1 saturated carbocycles. The van der Waals surface area contributed by atoms with Crippen molar-refractivity contribution in [1.29, 1.82) is 0 Å². The number of alkyl halides is 2. The predicted molar refractivity (Wildman–Crippen MR) is 89.9 cm³/mol. The van der Waals surface area contributed by atoms with Crippen molar-refractivity contribution in [3.05, 3.63) is 29.3 Å². The zero-order chi connectivity index (χ0) is 17.1. The highest BCUT2D eigenvalue weighted by molar-refractivity contribution is 5.61. The lowest BCUT2D eigenvalue weighted by atomic mass is 9.98. The molecule has 23 heavy (non-hydrogen) atoms. The van der Waals surface area contributed by atoms with Gasteiger partial charge < -0.3 is 9.64 Å². The Morgan fingerprint density at radius 3 is 2.57 bits per heavy atom. The van der Waals surface area contributed by atoms with Crippen molar-refractivity contribution >= 4 is 5.69 Å². The molecule has 0 N–H and O–H groups in total. The average molecular weight is 321 g/mol. The van der Waals surface area contributed by atoms with Crippen LogP contribution in [0.15, 0.2) is 18.2 Å². The van der Waals surface area contributed by atoms with Crippen LogP contribution in [0.1, 0.15) is 44.7 Å². The Hall–Kier alpha value is -1.60. The summed E-state index contributed by atoms with van der Waals surface area (Å²) in [6.45, 7) is 6.94. The van der Waals surface area contributed by atoms with E-state index >= 15 is 0 Å². The van der Waals surface area contributed by atoms with Gasteiger partial charge in [-0.15, -0.1) is 0 Å². The monoisotopic (exact) mass is 321 g/mol. The van der Waals surface area contributed by atoms with Crippen LogP contribution in [-0.2, 0) is 11.3 Å². The van der Waals surface area contributed by atoms with E-state index in [-0.39, 0.29) is 0 Å². The lowest BCUT2D eigenvalue weighted by molar-refractivity contribution is -0.0294. The normalized spacial score (nSPS) is 18.6. The third-order valence-corrected chi connectivity index (χ3v) is 4.41. The Balaban J connectivity index is 0.000000924. The standard InChI is InChI=1S/C17H19F2NO.C2H6/c1-16(18,19)17(8-9-17)7-6-13-4-3-5-15-14(13)12-21-11-10-20(15)2;1-2/h3-5H,8-12H2,1-2H3;1-2H3. The molecule has 126 valence electrons. The zero-order valence-corrected chi connectivity index (χ0v) is 14.4. The van der Waals surface area contributed by atoms with Crippen molar-refractivity contribution in [2.75, 3.05) is 25.1 Å². The number of fused-ring (bicyclic) bond motifs is 1. The van der Waals surface area contributed by atoms with E-state index in [1.54, 1.807) is 0 Å². The van der Waals surface area contributed by atoms with Gasteiger partial charge in [0.1, 0.15) is 0 Å². The Kier molecular flexibility index (Phi) is 5.31. The number of rotatable bonds is 1. The zero-order valence-electron chi connectivity index (χ0n) is 14.4. The molecule has 1 heterocycles. The molecule has 1 aliphatic heterocycles. The fraction of sp³-hybridized carbons (Fsp3) is 0.579. The van der Waals surface area contributed by atoms with Gasteiger partial charge in [-0.25, -0.2) is 8.78 Å². The number of nitrogens with zero attached hydrogens (tertiary/aromatic N) is 1. The number of hydrogen-bond donors (Lipinski definition) is 0. The Bertz CT molecular complexity index is 606. The summed E-state index contributed by atoms with van der Waals surface area (Å²) in [6, 6.07) is 5.84. The SMILES string of the molecule is CC.CN1CCOCc2c(C#CC3(C(C)(F)F)CC3)cccc21. The molecular formula is C19H25F2NO. The summed E-state index contributed by atoms with van der Waals surface area (Å²) in [4.78, 5) is 2.12. The van der Waals surface area contributed by atoms with Gasteiger partial charge in [-0.3, -0.25) is 0 Å². The van der Waals surface area contributed by atoms with E-state index in [1.165, 1.54) is 0 Å². The molecule has 1 aliphatic carbocycles. The minimum absolute atomic E-state index is 0.481. The molecule has 0 amide bonds. The van der Waals surface area contributed by atoms with Crippen LogP contribution in [-0.4, -0.2) is 26.1 Å². The second kappa shape index (κ2) is 6.88. The number of anilines is 1. The first-order valence-electron chi connectivity index (χ1n) is 8.25. The molecule has 1 aromatic carbocycles. The maximum absolute atomic E-state index is 13.6. The molecule has 1 fully saturated rings. The van der Waals surface area contributed by atoms with Crippen LogP contribution >= 0.6 is 0 Å². The fourth-order valence-corrected chi connectivity index (χ4v) is 2.68. The van der Waals surface area contributed by atoms with E-state index in [9.17, 15) is 8.78 Å². The van der Waals surface area contributed by atoms with Gasteiger partial charge in [0, 0.05) is 37.3 Å². The molecule has 0 saturated heterocycles. The summed E-state index contributed by atoms with van der Waals surface area (Å²) in [6.07, 6.45) is 0.962. The highest BCUT2D eigenvalue weighted by atomic mass is 19.3. The summed E-state index contributed by atoms with van der Waals surface area (Å²) in [7, 11) is 2.01. The first kappa shape index (κ1) is 17.7. The third kappa shape index (κ3) is 3.67. The molecular weight excluding hydrogens is 296 g/mol. The number of benzene rings is 1. The van der Waals surface area contributed by atoms with E-state index in [4.69, 9.17) is 4.74 Å². The minimum atomic E-state index is -2.74. The molecule has 1 aromatic rings. The van der Waals surface area contributed by atoms with Crippen LogP contribution < -0.4 is 4.90 Å². The van der Waals surface area contributed by atoms with Crippen LogP contribution in [0.3, 0.4) is 0 Å².